The number of nitrogens with one attached hydrogen (secondary N) is 2. The van der Waals surface area contributed by atoms with Gasteiger partial charge in [-0.05, 0) is 42.7 Å². The molecular formula is C22H22N4O3. The Hall–Kier alpha value is -3.61. The SMILES string of the molecule is Cc1nc(NCc2ccc3c(c2)OCO3)cc(C(=O)NCc2ccccc2C)n1. The van der Waals surface area contributed by atoms with Crippen molar-refractivity contribution in [2.75, 3.05) is 12.1 Å². The monoisotopic (exact) mass is 390 g/mol. The van der Waals surface area contributed by atoms with Crippen LogP contribution in [0.4, 0.5) is 5.82 Å². The van der Waals surface area contributed by atoms with Crippen molar-refractivity contribution in [1.82, 2.24) is 15.3 Å². The van der Waals surface area contributed by atoms with Crippen molar-refractivity contribution in [1.29, 1.82) is 0 Å². The number of benzene rings is 2. The largest absolute Gasteiger partial charge is 0.454 e. The Morgan fingerprint density at radius 3 is 2.69 bits per heavy atom. The molecule has 0 radical (unpaired) electrons. The van der Waals surface area contributed by atoms with Crippen LogP contribution in [0.5, 0.6) is 11.5 Å². The number of aryl methyl sites for hydroxylation is 2. The number of hydrogen-bond acceptors (Lipinski definition) is 6. The third-order valence-electron chi connectivity index (χ3n) is 4.68. The molecule has 7 nitrogen and oxygen atoms in total. The molecule has 0 saturated carbocycles. The van der Waals surface area contributed by atoms with Crippen molar-refractivity contribution in [3.8, 4) is 11.5 Å². The summed E-state index contributed by atoms with van der Waals surface area (Å²) in [5.74, 6) is 2.38. The fourth-order valence-electron chi connectivity index (χ4n) is 3.09. The van der Waals surface area contributed by atoms with Gasteiger partial charge in [-0.2, -0.15) is 0 Å². The van der Waals surface area contributed by atoms with Crippen LogP contribution >= 0.6 is 0 Å². The summed E-state index contributed by atoms with van der Waals surface area (Å²) in [6, 6.07) is 15.4. The number of aromatic nitrogens is 2. The van der Waals surface area contributed by atoms with E-state index in [9.17, 15) is 4.79 Å². The Morgan fingerprint density at radius 1 is 1.00 bits per heavy atom. The predicted octanol–water partition coefficient (Wildman–Crippen LogP) is 3.36. The molecule has 1 aromatic heterocycles. The zero-order chi connectivity index (χ0) is 20.2. The van der Waals surface area contributed by atoms with Crippen LogP contribution in [-0.4, -0.2) is 22.7 Å². The number of hydrogen-bond donors (Lipinski definition) is 2. The van der Waals surface area contributed by atoms with Crippen molar-refractivity contribution in [2.24, 2.45) is 0 Å². The number of carbonyl (C=O) groups excluding carboxylic acids is 1. The minimum atomic E-state index is -0.232. The fraction of sp³-hybridized carbons (Fsp3) is 0.227. The van der Waals surface area contributed by atoms with Crippen LogP contribution in [0.25, 0.3) is 0 Å². The van der Waals surface area contributed by atoms with Crippen molar-refractivity contribution < 1.29 is 14.3 Å². The van der Waals surface area contributed by atoms with E-state index in [-0.39, 0.29) is 12.7 Å². The molecule has 0 bridgehead atoms. The molecule has 1 aliphatic heterocycles. The molecule has 4 rings (SSSR count). The summed E-state index contributed by atoms with van der Waals surface area (Å²) in [6.07, 6.45) is 0. The molecule has 3 aromatic rings. The molecule has 2 heterocycles. The van der Waals surface area contributed by atoms with E-state index in [1.54, 1.807) is 13.0 Å². The summed E-state index contributed by atoms with van der Waals surface area (Å²) in [5, 5.41) is 6.17. The molecule has 1 amide bonds. The number of ether oxygens (including phenoxy) is 2. The predicted molar refractivity (Wildman–Crippen MR) is 109 cm³/mol. The third-order valence-corrected chi connectivity index (χ3v) is 4.68. The first-order chi connectivity index (χ1) is 14.1. The van der Waals surface area contributed by atoms with Crippen LogP contribution in [0.3, 0.4) is 0 Å². The van der Waals surface area contributed by atoms with Crippen molar-refractivity contribution in [3.05, 3.63) is 76.7 Å². The average Bonchev–Trinajstić information content (AvgIpc) is 3.19. The molecule has 2 aromatic carbocycles. The van der Waals surface area contributed by atoms with Crippen molar-refractivity contribution in [2.45, 2.75) is 26.9 Å². The topological polar surface area (TPSA) is 85.4 Å². The first kappa shape index (κ1) is 18.7. The number of amides is 1. The average molecular weight is 390 g/mol. The Kier molecular flexibility index (Phi) is 5.29. The molecule has 148 valence electrons. The van der Waals surface area contributed by atoms with Gasteiger partial charge in [0.2, 0.25) is 6.79 Å². The van der Waals surface area contributed by atoms with Crippen LogP contribution in [0.2, 0.25) is 0 Å². The molecule has 2 N–H and O–H groups in total. The van der Waals surface area contributed by atoms with Gasteiger partial charge in [0.05, 0.1) is 0 Å². The van der Waals surface area contributed by atoms with Gasteiger partial charge in [0.15, 0.2) is 11.5 Å². The molecule has 0 aliphatic carbocycles. The summed E-state index contributed by atoms with van der Waals surface area (Å²) in [6.45, 7) is 5.03. The lowest BCUT2D eigenvalue weighted by atomic mass is 10.1. The van der Waals surface area contributed by atoms with Crippen LogP contribution in [0.1, 0.15) is 33.0 Å². The highest BCUT2D eigenvalue weighted by molar-refractivity contribution is 5.92. The van der Waals surface area contributed by atoms with Crippen LogP contribution in [0.15, 0.2) is 48.5 Å². The van der Waals surface area contributed by atoms with Gasteiger partial charge in [0, 0.05) is 19.2 Å². The van der Waals surface area contributed by atoms with Gasteiger partial charge in [-0.3, -0.25) is 4.79 Å². The number of rotatable bonds is 6. The maximum Gasteiger partial charge on any atom is 0.270 e. The second-order valence-electron chi connectivity index (χ2n) is 6.84. The Bertz CT molecular complexity index is 1050. The first-order valence-corrected chi connectivity index (χ1v) is 9.39. The van der Waals surface area contributed by atoms with Crippen LogP contribution in [-0.2, 0) is 13.1 Å². The quantitative estimate of drug-likeness (QED) is 0.671. The molecule has 1 aliphatic rings. The molecule has 0 unspecified atom stereocenters. The lowest BCUT2D eigenvalue weighted by Crippen LogP contribution is -2.25. The van der Waals surface area contributed by atoms with Gasteiger partial charge in [-0.15, -0.1) is 0 Å². The van der Waals surface area contributed by atoms with Crippen molar-refractivity contribution in [3.63, 3.8) is 0 Å². The van der Waals surface area contributed by atoms with Gasteiger partial charge in [0.25, 0.3) is 5.91 Å². The molecule has 0 fully saturated rings. The highest BCUT2D eigenvalue weighted by atomic mass is 16.7. The third kappa shape index (κ3) is 4.45. The maximum atomic E-state index is 12.6. The van der Waals surface area contributed by atoms with E-state index in [2.05, 4.69) is 20.6 Å². The highest BCUT2D eigenvalue weighted by Crippen LogP contribution is 2.32. The van der Waals surface area contributed by atoms with E-state index in [1.807, 2.05) is 49.4 Å². The molecule has 0 spiro atoms. The minimum Gasteiger partial charge on any atom is -0.454 e. The summed E-state index contributed by atoms with van der Waals surface area (Å²) in [4.78, 5) is 21.2. The van der Waals surface area contributed by atoms with Crippen molar-refractivity contribution >= 4 is 11.7 Å². The highest BCUT2D eigenvalue weighted by Gasteiger charge is 2.14. The Balaban J connectivity index is 1.41. The second kappa shape index (κ2) is 8.18. The molecule has 7 heteroatoms. The number of nitrogens with zero attached hydrogens (tertiary/aromatic N) is 2. The Labute approximate surface area is 169 Å². The zero-order valence-corrected chi connectivity index (χ0v) is 16.4. The van der Waals surface area contributed by atoms with E-state index >= 15 is 0 Å². The summed E-state index contributed by atoms with van der Waals surface area (Å²) >= 11 is 0. The minimum absolute atomic E-state index is 0.232. The second-order valence-corrected chi connectivity index (χ2v) is 6.84. The van der Waals surface area contributed by atoms with Gasteiger partial charge in [-0.1, -0.05) is 30.3 Å². The van der Waals surface area contributed by atoms with Gasteiger partial charge in [-0.25, -0.2) is 9.97 Å². The Morgan fingerprint density at radius 2 is 1.83 bits per heavy atom. The van der Waals surface area contributed by atoms with Crippen LogP contribution < -0.4 is 20.1 Å². The zero-order valence-electron chi connectivity index (χ0n) is 16.4. The normalized spacial score (nSPS) is 11.9. The van der Waals surface area contributed by atoms with E-state index in [0.29, 0.717) is 30.4 Å². The van der Waals surface area contributed by atoms with Crippen LogP contribution in [0, 0.1) is 13.8 Å². The molecular weight excluding hydrogens is 368 g/mol. The lowest BCUT2D eigenvalue weighted by molar-refractivity contribution is 0.0945. The number of anilines is 1. The number of carbonyl (C=O) groups is 1. The maximum absolute atomic E-state index is 12.6. The van der Waals surface area contributed by atoms with Gasteiger partial charge < -0.3 is 20.1 Å². The van der Waals surface area contributed by atoms with Gasteiger partial charge in [0.1, 0.15) is 17.3 Å². The molecule has 0 atom stereocenters. The summed E-state index contributed by atoms with van der Waals surface area (Å²) < 4.78 is 10.7. The summed E-state index contributed by atoms with van der Waals surface area (Å²) in [5.41, 5.74) is 3.57. The molecule has 0 saturated heterocycles. The molecule has 29 heavy (non-hydrogen) atoms. The van der Waals surface area contributed by atoms with Gasteiger partial charge >= 0.3 is 0 Å². The standard InChI is InChI=1S/C22H22N4O3/c1-14-5-3-4-6-17(14)12-24-22(27)18-10-21(26-15(2)25-18)23-11-16-7-8-19-20(9-16)29-13-28-19/h3-10H,11-13H2,1-2H3,(H,24,27)(H,23,25,26). The lowest BCUT2D eigenvalue weighted by Gasteiger charge is -2.10. The smallest absolute Gasteiger partial charge is 0.270 e. The first-order valence-electron chi connectivity index (χ1n) is 9.39. The number of fused-ring (bicyclic) bond motifs is 1. The fourth-order valence-corrected chi connectivity index (χ4v) is 3.09. The van der Waals surface area contributed by atoms with E-state index in [4.69, 9.17) is 9.47 Å². The van der Waals surface area contributed by atoms with E-state index in [0.717, 1.165) is 28.2 Å². The summed E-state index contributed by atoms with van der Waals surface area (Å²) in [7, 11) is 0. The van der Waals surface area contributed by atoms with E-state index < -0.39 is 0 Å². The van der Waals surface area contributed by atoms with E-state index in [1.165, 1.54) is 0 Å².